The monoisotopic (exact) mass is 248 g/mol. The van der Waals surface area contributed by atoms with Gasteiger partial charge in [0.2, 0.25) is 0 Å². The van der Waals surface area contributed by atoms with Crippen LogP contribution in [0.4, 0.5) is 10.6 Å². The number of benzene rings is 1. The lowest BCUT2D eigenvalue weighted by atomic mass is 10.2. The topological polar surface area (TPSA) is 87.6 Å². The molecule has 1 amide bonds. The van der Waals surface area contributed by atoms with Gasteiger partial charge in [0.15, 0.2) is 5.82 Å². The Morgan fingerprint density at radius 2 is 2.22 bits per heavy atom. The molecule has 0 spiro atoms. The van der Waals surface area contributed by atoms with Crippen LogP contribution < -0.4 is 10.6 Å². The van der Waals surface area contributed by atoms with Crippen LogP contribution in [0.25, 0.3) is 10.9 Å². The van der Waals surface area contributed by atoms with Crippen molar-refractivity contribution in [2.45, 2.75) is 6.92 Å². The molecule has 0 aliphatic carbocycles. The number of hydrogen-bond acceptors (Lipinski definition) is 6. The van der Waals surface area contributed by atoms with Gasteiger partial charge >= 0.3 is 6.09 Å². The Bertz CT molecular complexity index is 555. The standard InChI is InChI=1S/C11H12N4O3/c1-2-18-11(16)15(14-17)10-8-5-3-4-6-9(8)12-7-13-10/h3-7,14,17H,2H2,1H3. The van der Waals surface area contributed by atoms with E-state index < -0.39 is 6.09 Å². The smallest absolute Gasteiger partial charge is 0.432 e. The molecule has 1 aromatic heterocycles. The van der Waals surface area contributed by atoms with Gasteiger partial charge in [-0.2, -0.15) is 5.01 Å². The van der Waals surface area contributed by atoms with E-state index in [9.17, 15) is 4.79 Å². The summed E-state index contributed by atoms with van der Waals surface area (Å²) in [5, 5.41) is 10.5. The summed E-state index contributed by atoms with van der Waals surface area (Å²) >= 11 is 0. The first-order valence-corrected chi connectivity index (χ1v) is 5.34. The number of hydrazine groups is 1. The summed E-state index contributed by atoms with van der Waals surface area (Å²) in [5.41, 5.74) is 2.42. The van der Waals surface area contributed by atoms with Gasteiger partial charge in [-0.1, -0.05) is 12.1 Å². The number of nitrogens with one attached hydrogen (secondary N) is 1. The Balaban J connectivity index is 2.48. The average Bonchev–Trinajstić information content (AvgIpc) is 2.40. The van der Waals surface area contributed by atoms with E-state index in [0.29, 0.717) is 10.9 Å². The molecule has 2 N–H and O–H groups in total. The van der Waals surface area contributed by atoms with Crippen molar-refractivity contribution in [3.05, 3.63) is 30.6 Å². The number of fused-ring (bicyclic) bond motifs is 1. The fourth-order valence-electron chi connectivity index (χ4n) is 1.53. The van der Waals surface area contributed by atoms with E-state index >= 15 is 0 Å². The van der Waals surface area contributed by atoms with Crippen molar-refractivity contribution in [3.63, 3.8) is 0 Å². The lowest BCUT2D eigenvalue weighted by molar-refractivity contribution is 0.116. The highest BCUT2D eigenvalue weighted by Gasteiger charge is 2.20. The molecule has 0 unspecified atom stereocenters. The van der Waals surface area contributed by atoms with Crippen LogP contribution in [0.3, 0.4) is 0 Å². The van der Waals surface area contributed by atoms with E-state index in [1.807, 2.05) is 6.07 Å². The molecule has 0 radical (unpaired) electrons. The molecule has 94 valence electrons. The molecule has 1 aromatic carbocycles. The fraction of sp³-hybridized carbons (Fsp3) is 0.182. The quantitative estimate of drug-likeness (QED) is 0.800. The van der Waals surface area contributed by atoms with Crippen molar-refractivity contribution < 1.29 is 14.7 Å². The predicted molar refractivity (Wildman–Crippen MR) is 64.0 cm³/mol. The van der Waals surface area contributed by atoms with Crippen LogP contribution in [0.2, 0.25) is 0 Å². The molecule has 0 bridgehead atoms. The Kier molecular flexibility index (Phi) is 3.66. The Morgan fingerprint density at radius 3 is 2.94 bits per heavy atom. The van der Waals surface area contributed by atoms with Gasteiger partial charge in [-0.3, -0.25) is 5.21 Å². The summed E-state index contributed by atoms with van der Waals surface area (Å²) in [5.74, 6) is 0.224. The largest absolute Gasteiger partial charge is 0.448 e. The molecule has 0 aliphatic rings. The molecule has 7 nitrogen and oxygen atoms in total. The number of rotatable bonds is 3. The third-order valence-corrected chi connectivity index (χ3v) is 2.28. The van der Waals surface area contributed by atoms with Crippen molar-refractivity contribution >= 4 is 22.8 Å². The van der Waals surface area contributed by atoms with E-state index in [1.165, 1.54) is 6.33 Å². The van der Waals surface area contributed by atoms with Crippen molar-refractivity contribution in [1.29, 1.82) is 0 Å². The van der Waals surface area contributed by atoms with Gasteiger partial charge in [-0.25, -0.2) is 14.8 Å². The number of hydrogen-bond donors (Lipinski definition) is 2. The summed E-state index contributed by atoms with van der Waals surface area (Å²) in [4.78, 5) is 19.7. The maximum absolute atomic E-state index is 11.6. The summed E-state index contributed by atoms with van der Waals surface area (Å²) in [6.07, 6.45) is 0.560. The first-order chi connectivity index (χ1) is 8.77. The first-order valence-electron chi connectivity index (χ1n) is 5.34. The Labute approximate surface area is 103 Å². The highest BCUT2D eigenvalue weighted by Crippen LogP contribution is 2.21. The van der Waals surface area contributed by atoms with Crippen LogP contribution in [0.15, 0.2) is 30.6 Å². The van der Waals surface area contributed by atoms with E-state index in [2.05, 4.69) is 9.97 Å². The first kappa shape index (κ1) is 12.2. The number of anilines is 1. The SMILES string of the molecule is CCOC(=O)N(NO)c1ncnc2ccccc12. The van der Waals surface area contributed by atoms with Crippen LogP contribution in [-0.2, 0) is 4.74 Å². The van der Waals surface area contributed by atoms with E-state index in [-0.39, 0.29) is 12.4 Å². The lowest BCUT2D eigenvalue weighted by Gasteiger charge is -2.18. The number of amides is 1. The van der Waals surface area contributed by atoms with Crippen LogP contribution in [-0.4, -0.2) is 27.9 Å². The van der Waals surface area contributed by atoms with Gasteiger partial charge in [0, 0.05) is 5.39 Å². The molecule has 0 atom stereocenters. The van der Waals surface area contributed by atoms with Crippen molar-refractivity contribution in [1.82, 2.24) is 15.6 Å². The van der Waals surface area contributed by atoms with Gasteiger partial charge in [-0.15, -0.1) is 5.59 Å². The van der Waals surface area contributed by atoms with Gasteiger partial charge in [0.1, 0.15) is 6.33 Å². The zero-order valence-electron chi connectivity index (χ0n) is 9.70. The second-order valence-corrected chi connectivity index (χ2v) is 3.35. The van der Waals surface area contributed by atoms with Crippen molar-refractivity contribution in [2.75, 3.05) is 11.6 Å². The molecule has 0 fully saturated rings. The molecule has 0 saturated carbocycles. The van der Waals surface area contributed by atoms with Crippen molar-refractivity contribution in [2.24, 2.45) is 0 Å². The molecular formula is C11H12N4O3. The molecule has 18 heavy (non-hydrogen) atoms. The van der Waals surface area contributed by atoms with Gasteiger partial charge in [-0.05, 0) is 19.1 Å². The maximum atomic E-state index is 11.6. The molecule has 7 heteroatoms. The summed E-state index contributed by atoms with van der Waals surface area (Å²) in [6.45, 7) is 1.87. The minimum Gasteiger partial charge on any atom is -0.448 e. The maximum Gasteiger partial charge on any atom is 0.432 e. The number of aromatic nitrogens is 2. The third kappa shape index (κ3) is 2.22. The Morgan fingerprint density at radius 1 is 1.44 bits per heavy atom. The Hall–Kier alpha value is -2.25. The van der Waals surface area contributed by atoms with E-state index in [4.69, 9.17) is 9.94 Å². The highest BCUT2D eigenvalue weighted by atomic mass is 16.6. The molecular weight excluding hydrogens is 236 g/mol. The minimum absolute atomic E-state index is 0.194. The van der Waals surface area contributed by atoms with Gasteiger partial charge in [0.25, 0.3) is 0 Å². The highest BCUT2D eigenvalue weighted by molar-refractivity contribution is 5.97. The predicted octanol–water partition coefficient (Wildman–Crippen LogP) is 1.49. The van der Waals surface area contributed by atoms with E-state index in [1.54, 1.807) is 30.7 Å². The van der Waals surface area contributed by atoms with Gasteiger partial charge < -0.3 is 4.74 Å². The third-order valence-electron chi connectivity index (χ3n) is 2.28. The van der Waals surface area contributed by atoms with Crippen LogP contribution in [0.1, 0.15) is 6.92 Å². The summed E-state index contributed by atoms with van der Waals surface area (Å²) in [6, 6.07) is 7.13. The van der Waals surface area contributed by atoms with Crippen LogP contribution in [0.5, 0.6) is 0 Å². The number of nitrogens with zero attached hydrogens (tertiary/aromatic N) is 3. The minimum atomic E-state index is -0.746. The zero-order valence-corrected chi connectivity index (χ0v) is 9.70. The summed E-state index contributed by atoms with van der Waals surface area (Å²) < 4.78 is 4.80. The van der Waals surface area contributed by atoms with Gasteiger partial charge in [0.05, 0.1) is 12.1 Å². The van der Waals surface area contributed by atoms with Crippen molar-refractivity contribution in [3.8, 4) is 0 Å². The zero-order chi connectivity index (χ0) is 13.0. The number of para-hydroxylation sites is 1. The molecule has 2 rings (SSSR count). The van der Waals surface area contributed by atoms with Crippen LogP contribution in [0, 0.1) is 0 Å². The number of carbonyl (C=O) groups is 1. The molecule has 1 heterocycles. The second-order valence-electron chi connectivity index (χ2n) is 3.35. The molecule has 0 aliphatic heterocycles. The second kappa shape index (κ2) is 5.39. The number of carbonyl (C=O) groups excluding carboxylic acids is 1. The molecule has 0 saturated heterocycles. The summed E-state index contributed by atoms with van der Waals surface area (Å²) in [7, 11) is 0. The van der Waals surface area contributed by atoms with E-state index in [0.717, 1.165) is 5.01 Å². The number of ether oxygens (including phenoxy) is 1. The molecule has 2 aromatic rings. The fourth-order valence-corrected chi connectivity index (χ4v) is 1.53. The normalized spacial score (nSPS) is 10.3. The van der Waals surface area contributed by atoms with Crippen LogP contribution >= 0.6 is 0 Å². The average molecular weight is 248 g/mol. The lowest BCUT2D eigenvalue weighted by Crippen LogP contribution is -2.42.